The summed E-state index contributed by atoms with van der Waals surface area (Å²) in [7, 11) is 0. The molecule has 0 aromatic heterocycles. The van der Waals surface area contributed by atoms with E-state index in [2.05, 4.69) is 48.5 Å². The van der Waals surface area contributed by atoms with Crippen LogP contribution in [0.5, 0.6) is 0 Å². The number of hydrogen-bond acceptors (Lipinski definition) is 1. The Labute approximate surface area is 116 Å². The van der Waals surface area contributed by atoms with Crippen molar-refractivity contribution in [1.82, 2.24) is 0 Å². The molecule has 1 unspecified atom stereocenters. The highest BCUT2D eigenvalue weighted by atomic mass is 16.1. The molecule has 0 N–H and O–H groups in total. The number of hydrogen-bond donors (Lipinski definition) is 0. The second kappa shape index (κ2) is 10.6. The zero-order chi connectivity index (χ0) is 14.9. The molecule has 0 aliphatic heterocycles. The highest BCUT2D eigenvalue weighted by molar-refractivity contribution is 5.80. The van der Waals surface area contributed by atoms with E-state index in [1.165, 1.54) is 6.42 Å². The van der Waals surface area contributed by atoms with Gasteiger partial charge >= 0.3 is 0 Å². The summed E-state index contributed by atoms with van der Waals surface area (Å²) in [5.41, 5.74) is 0. The number of carbonyl (C=O) groups excluding carboxylic acids is 1. The number of ketones is 1. The number of carbonyl (C=O) groups is 1. The maximum absolute atomic E-state index is 11.0. The van der Waals surface area contributed by atoms with Crippen molar-refractivity contribution < 1.29 is 4.79 Å². The van der Waals surface area contributed by atoms with Crippen LogP contribution in [0, 0.1) is 29.6 Å². The van der Waals surface area contributed by atoms with E-state index in [9.17, 15) is 4.79 Å². The van der Waals surface area contributed by atoms with Crippen LogP contribution in [0.2, 0.25) is 0 Å². The predicted octanol–water partition coefficient (Wildman–Crippen LogP) is 5.58. The Kier molecular flexibility index (Phi) is 11.8. The van der Waals surface area contributed by atoms with Crippen LogP contribution in [-0.4, -0.2) is 5.78 Å². The van der Waals surface area contributed by atoms with Crippen LogP contribution < -0.4 is 0 Å². The van der Waals surface area contributed by atoms with Crippen LogP contribution in [0.3, 0.4) is 0 Å². The van der Waals surface area contributed by atoms with Gasteiger partial charge in [0, 0.05) is 12.3 Å². The van der Waals surface area contributed by atoms with E-state index in [0.29, 0.717) is 11.7 Å². The van der Waals surface area contributed by atoms with Gasteiger partial charge in [-0.15, -0.1) is 0 Å². The quantitative estimate of drug-likeness (QED) is 0.606. The molecule has 0 amide bonds. The van der Waals surface area contributed by atoms with Crippen LogP contribution in [-0.2, 0) is 4.79 Å². The first-order chi connectivity index (χ1) is 8.07. The minimum atomic E-state index is 0.215. The summed E-state index contributed by atoms with van der Waals surface area (Å²) >= 11 is 0. The first-order valence-corrected chi connectivity index (χ1v) is 7.60. The Bertz CT molecular complexity index is 202. The Morgan fingerprint density at radius 2 is 1.22 bits per heavy atom. The van der Waals surface area contributed by atoms with Crippen LogP contribution in [0.25, 0.3) is 0 Å². The van der Waals surface area contributed by atoms with Gasteiger partial charge in [-0.05, 0) is 30.1 Å². The molecule has 0 bridgehead atoms. The van der Waals surface area contributed by atoms with Crippen LogP contribution >= 0.6 is 0 Å². The lowest BCUT2D eigenvalue weighted by atomic mass is 9.90. The minimum absolute atomic E-state index is 0.215. The van der Waals surface area contributed by atoms with Gasteiger partial charge in [-0.3, -0.25) is 4.79 Å². The van der Waals surface area contributed by atoms with Crippen LogP contribution in [0.4, 0.5) is 0 Å². The average molecular weight is 256 g/mol. The second-order valence-corrected chi connectivity index (χ2v) is 7.07. The lowest BCUT2D eigenvalue weighted by Crippen LogP contribution is -2.09. The summed E-state index contributed by atoms with van der Waals surface area (Å²) in [6.45, 7) is 19.6. The minimum Gasteiger partial charge on any atom is -0.299 e. The molecule has 0 fully saturated rings. The van der Waals surface area contributed by atoms with Gasteiger partial charge in [0.05, 0.1) is 0 Å². The molecule has 0 saturated carbocycles. The van der Waals surface area contributed by atoms with Gasteiger partial charge in [-0.25, -0.2) is 0 Å². The fourth-order valence-electron chi connectivity index (χ4n) is 1.65. The zero-order valence-corrected chi connectivity index (χ0v) is 14.2. The molecule has 1 atom stereocenters. The SMILES string of the molecule is CC(C)CC(=O)C(C)C.CC(C)CC(C)C(C)C. The zero-order valence-electron chi connectivity index (χ0n) is 14.2. The van der Waals surface area contributed by atoms with Crippen molar-refractivity contribution in [3.05, 3.63) is 0 Å². The Hall–Kier alpha value is -0.330. The monoisotopic (exact) mass is 256 g/mol. The third-order valence-corrected chi connectivity index (χ3v) is 3.23. The van der Waals surface area contributed by atoms with Crippen molar-refractivity contribution in [3.8, 4) is 0 Å². The van der Waals surface area contributed by atoms with Gasteiger partial charge < -0.3 is 0 Å². The largest absolute Gasteiger partial charge is 0.299 e. The van der Waals surface area contributed by atoms with Crippen molar-refractivity contribution in [2.45, 2.75) is 75.2 Å². The van der Waals surface area contributed by atoms with E-state index in [-0.39, 0.29) is 5.92 Å². The lowest BCUT2D eigenvalue weighted by Gasteiger charge is -2.16. The van der Waals surface area contributed by atoms with Gasteiger partial charge in [-0.2, -0.15) is 0 Å². The molecule has 0 spiro atoms. The highest BCUT2D eigenvalue weighted by Gasteiger charge is 2.08. The molecule has 0 rings (SSSR count). The molecule has 0 aromatic rings. The van der Waals surface area contributed by atoms with Gasteiger partial charge in [-0.1, -0.05) is 62.3 Å². The summed E-state index contributed by atoms with van der Waals surface area (Å²) in [6.07, 6.45) is 2.11. The third kappa shape index (κ3) is 13.7. The highest BCUT2D eigenvalue weighted by Crippen LogP contribution is 2.18. The van der Waals surface area contributed by atoms with Crippen LogP contribution in [0.1, 0.15) is 75.2 Å². The molecular weight excluding hydrogens is 220 g/mol. The number of rotatable bonds is 6. The maximum atomic E-state index is 11.0. The Morgan fingerprint density at radius 1 is 0.778 bits per heavy atom. The molecule has 110 valence electrons. The topological polar surface area (TPSA) is 17.1 Å². The van der Waals surface area contributed by atoms with E-state index in [4.69, 9.17) is 0 Å². The first-order valence-electron chi connectivity index (χ1n) is 7.60. The summed E-state index contributed by atoms with van der Waals surface area (Å²) < 4.78 is 0. The Balaban J connectivity index is 0. The van der Waals surface area contributed by atoms with Crippen molar-refractivity contribution in [2.24, 2.45) is 29.6 Å². The summed E-state index contributed by atoms with van der Waals surface area (Å²) in [4.78, 5) is 11.0. The van der Waals surface area contributed by atoms with E-state index >= 15 is 0 Å². The van der Waals surface area contributed by atoms with E-state index < -0.39 is 0 Å². The van der Waals surface area contributed by atoms with Crippen LogP contribution in [0.15, 0.2) is 0 Å². The summed E-state index contributed by atoms with van der Waals surface area (Å²) in [5, 5.41) is 0. The van der Waals surface area contributed by atoms with Crippen molar-refractivity contribution in [1.29, 1.82) is 0 Å². The summed E-state index contributed by atoms with van der Waals surface area (Å²) in [5.74, 6) is 3.72. The van der Waals surface area contributed by atoms with E-state index in [1.807, 2.05) is 13.8 Å². The second-order valence-electron chi connectivity index (χ2n) is 7.07. The Morgan fingerprint density at radius 3 is 1.33 bits per heavy atom. The normalized spacial score (nSPS) is 12.9. The molecule has 0 aliphatic rings. The lowest BCUT2D eigenvalue weighted by molar-refractivity contribution is -0.122. The molecule has 0 heterocycles. The molecule has 0 saturated heterocycles. The molecular formula is C17H36O. The molecule has 0 aromatic carbocycles. The van der Waals surface area contributed by atoms with Gasteiger partial charge in [0.15, 0.2) is 0 Å². The first kappa shape index (κ1) is 20.0. The fourth-order valence-corrected chi connectivity index (χ4v) is 1.65. The average Bonchev–Trinajstić information content (AvgIpc) is 2.16. The third-order valence-electron chi connectivity index (χ3n) is 3.23. The van der Waals surface area contributed by atoms with Gasteiger partial charge in [0.25, 0.3) is 0 Å². The molecule has 1 nitrogen and oxygen atoms in total. The molecule has 18 heavy (non-hydrogen) atoms. The van der Waals surface area contributed by atoms with Gasteiger partial charge in [0.1, 0.15) is 5.78 Å². The van der Waals surface area contributed by atoms with Crippen molar-refractivity contribution >= 4 is 5.78 Å². The standard InChI is InChI=1S/C9H20.C8H16O/c1-7(2)6-9(5)8(3)4;1-6(2)5-8(9)7(3)4/h7-9H,6H2,1-5H3;6-7H,5H2,1-4H3. The molecule has 0 radical (unpaired) electrons. The van der Waals surface area contributed by atoms with E-state index in [0.717, 1.165) is 24.2 Å². The molecule has 1 heteroatoms. The maximum Gasteiger partial charge on any atom is 0.135 e. The fraction of sp³-hybridized carbons (Fsp3) is 0.941. The van der Waals surface area contributed by atoms with E-state index in [1.54, 1.807) is 0 Å². The summed E-state index contributed by atoms with van der Waals surface area (Å²) in [6, 6.07) is 0. The molecule has 0 aliphatic carbocycles. The van der Waals surface area contributed by atoms with Crippen molar-refractivity contribution in [3.63, 3.8) is 0 Å². The smallest absolute Gasteiger partial charge is 0.135 e. The van der Waals surface area contributed by atoms with Gasteiger partial charge in [0.2, 0.25) is 0 Å². The van der Waals surface area contributed by atoms with Crippen molar-refractivity contribution in [2.75, 3.05) is 0 Å². The number of Topliss-reactive ketones (excluding diaryl/α,β-unsaturated/α-hetero) is 1. The predicted molar refractivity (Wildman–Crippen MR) is 82.8 cm³/mol.